The molecule has 0 aliphatic rings. The number of nitrogen functional groups attached to an aromatic ring is 1. The van der Waals surface area contributed by atoms with Crippen LogP contribution < -0.4 is 10.5 Å². The number of carbonyl (C=O) groups is 1. The molecule has 0 saturated carbocycles. The number of esters is 1. The summed E-state index contributed by atoms with van der Waals surface area (Å²) in [5.41, 5.74) is 7.04. The molecule has 3 N–H and O–H groups in total. The third-order valence-electron chi connectivity index (χ3n) is 3.89. The van der Waals surface area contributed by atoms with Crippen LogP contribution in [0.5, 0.6) is 5.75 Å². The van der Waals surface area contributed by atoms with Gasteiger partial charge >= 0.3 is 5.97 Å². The molecule has 0 aliphatic carbocycles. The Kier molecular flexibility index (Phi) is 4.72. The highest BCUT2D eigenvalue weighted by molar-refractivity contribution is 7.20. The zero-order valence-electron chi connectivity index (χ0n) is 13.9. The summed E-state index contributed by atoms with van der Waals surface area (Å²) in [5.74, 6) is 0.435. The lowest BCUT2D eigenvalue weighted by Crippen LogP contribution is -2.08. The molecule has 0 saturated heterocycles. The Hall–Kier alpha value is -2.86. The third-order valence-corrected chi connectivity index (χ3v) is 5.03. The molecule has 0 radical (unpaired) electrons. The molecule has 1 unspecified atom stereocenters. The normalized spacial score (nSPS) is 11.9. The number of hydrogen-bond acceptors (Lipinski definition) is 5. The first-order chi connectivity index (χ1) is 12.0. The van der Waals surface area contributed by atoms with Crippen molar-refractivity contribution in [2.45, 2.75) is 13.0 Å². The lowest BCUT2D eigenvalue weighted by molar-refractivity contribution is 0.0600. The topological polar surface area (TPSA) is 85.4 Å². The van der Waals surface area contributed by atoms with E-state index in [1.807, 2.05) is 43.3 Å². The number of nitrogens with one attached hydrogen (secondary N) is 1. The van der Waals surface area contributed by atoms with E-state index >= 15 is 0 Å². The summed E-state index contributed by atoms with van der Waals surface area (Å²) in [6.07, 6.45) is -0.196. The fraction of sp³-hybridized carbons (Fsp3) is 0.158. The minimum Gasteiger partial charge on any atom is -0.485 e. The zero-order valence-corrected chi connectivity index (χ0v) is 14.7. The molecular weight excluding hydrogens is 336 g/mol. The van der Waals surface area contributed by atoms with Gasteiger partial charge in [0.25, 0.3) is 0 Å². The largest absolute Gasteiger partial charge is 0.485 e. The second-order valence-corrected chi connectivity index (χ2v) is 6.65. The average Bonchev–Trinajstić information content (AvgIpc) is 3.07. The number of nitrogens with two attached hydrogens (primary N) is 1. The van der Waals surface area contributed by atoms with Crippen molar-refractivity contribution in [1.29, 1.82) is 5.41 Å². The van der Waals surface area contributed by atoms with Crippen LogP contribution in [0.2, 0.25) is 0 Å². The van der Waals surface area contributed by atoms with Crippen LogP contribution in [-0.2, 0) is 4.74 Å². The van der Waals surface area contributed by atoms with Gasteiger partial charge in [0.15, 0.2) is 0 Å². The Morgan fingerprint density at radius 2 is 1.92 bits per heavy atom. The summed E-state index contributed by atoms with van der Waals surface area (Å²) in [5, 5.41) is 8.54. The van der Waals surface area contributed by atoms with Gasteiger partial charge in [0, 0.05) is 10.1 Å². The van der Waals surface area contributed by atoms with Gasteiger partial charge in [-0.1, -0.05) is 18.2 Å². The van der Waals surface area contributed by atoms with E-state index in [2.05, 4.69) is 0 Å². The van der Waals surface area contributed by atoms with Crippen molar-refractivity contribution in [3.05, 3.63) is 64.5 Å². The molecule has 3 aromatic rings. The number of benzene rings is 2. The van der Waals surface area contributed by atoms with Gasteiger partial charge in [-0.05, 0) is 42.8 Å². The fourth-order valence-electron chi connectivity index (χ4n) is 2.54. The molecule has 1 heterocycles. The Morgan fingerprint density at radius 1 is 1.20 bits per heavy atom. The SMILES string of the molecule is COC(=O)c1ccc(C(C)Oc2cccc3sc(C(=N)N)cc23)cc1. The molecule has 5 nitrogen and oxygen atoms in total. The molecule has 0 amide bonds. The lowest BCUT2D eigenvalue weighted by Gasteiger charge is -2.16. The van der Waals surface area contributed by atoms with Crippen LogP contribution in [0.4, 0.5) is 0 Å². The van der Waals surface area contributed by atoms with Crippen molar-refractivity contribution in [3.63, 3.8) is 0 Å². The van der Waals surface area contributed by atoms with Crippen LogP contribution >= 0.6 is 11.3 Å². The summed E-state index contributed by atoms with van der Waals surface area (Å²) >= 11 is 1.47. The van der Waals surface area contributed by atoms with Crippen molar-refractivity contribution in [1.82, 2.24) is 0 Å². The molecule has 0 aliphatic heterocycles. The monoisotopic (exact) mass is 354 g/mol. The van der Waals surface area contributed by atoms with Gasteiger partial charge in [0.2, 0.25) is 0 Å². The number of methoxy groups -OCH3 is 1. The van der Waals surface area contributed by atoms with Crippen LogP contribution in [-0.4, -0.2) is 18.9 Å². The highest BCUT2D eigenvalue weighted by Gasteiger charge is 2.13. The van der Waals surface area contributed by atoms with E-state index < -0.39 is 0 Å². The van der Waals surface area contributed by atoms with Crippen LogP contribution in [0, 0.1) is 5.41 Å². The summed E-state index contributed by atoms with van der Waals surface area (Å²) in [6.45, 7) is 1.95. The van der Waals surface area contributed by atoms with E-state index in [0.29, 0.717) is 5.56 Å². The first kappa shape index (κ1) is 17.0. The molecule has 3 rings (SSSR count). The molecule has 128 valence electrons. The van der Waals surface area contributed by atoms with Gasteiger partial charge in [-0.15, -0.1) is 11.3 Å². The van der Waals surface area contributed by atoms with Crippen LogP contribution in [0.1, 0.15) is 33.8 Å². The highest BCUT2D eigenvalue weighted by atomic mass is 32.1. The Bertz CT molecular complexity index is 931. The Morgan fingerprint density at radius 3 is 2.56 bits per heavy atom. The predicted octanol–water partition coefficient (Wildman–Crippen LogP) is 4.11. The minimum atomic E-state index is -0.361. The summed E-state index contributed by atoms with van der Waals surface area (Å²) < 4.78 is 11.8. The van der Waals surface area contributed by atoms with Crippen molar-refractivity contribution in [3.8, 4) is 5.75 Å². The second-order valence-electron chi connectivity index (χ2n) is 5.57. The van der Waals surface area contributed by atoms with Gasteiger partial charge in [0.05, 0.1) is 17.6 Å². The fourth-order valence-corrected chi connectivity index (χ4v) is 3.48. The number of fused-ring (bicyclic) bond motifs is 1. The molecule has 25 heavy (non-hydrogen) atoms. The number of ether oxygens (including phenoxy) is 2. The van der Waals surface area contributed by atoms with E-state index in [1.165, 1.54) is 18.4 Å². The Balaban J connectivity index is 1.85. The summed E-state index contributed by atoms with van der Waals surface area (Å²) in [6, 6.07) is 14.8. The van der Waals surface area contributed by atoms with Crippen molar-refractivity contribution >= 4 is 33.2 Å². The second kappa shape index (κ2) is 6.94. The molecule has 1 aromatic heterocycles. The molecular formula is C19H18N2O3S. The van der Waals surface area contributed by atoms with Gasteiger partial charge < -0.3 is 15.2 Å². The number of amidine groups is 1. The molecule has 0 fully saturated rings. The zero-order chi connectivity index (χ0) is 18.0. The first-order valence-electron chi connectivity index (χ1n) is 7.71. The molecule has 1 atom stereocenters. The molecule has 0 spiro atoms. The maximum Gasteiger partial charge on any atom is 0.337 e. The molecule has 6 heteroatoms. The average molecular weight is 354 g/mol. The van der Waals surface area contributed by atoms with Crippen LogP contribution in [0.3, 0.4) is 0 Å². The van der Waals surface area contributed by atoms with Gasteiger partial charge in [-0.3, -0.25) is 5.41 Å². The third kappa shape index (κ3) is 3.49. The number of carbonyl (C=O) groups excluding carboxylic acids is 1. The van der Waals surface area contributed by atoms with Crippen molar-refractivity contribution in [2.24, 2.45) is 5.73 Å². The van der Waals surface area contributed by atoms with Gasteiger partial charge in [0.1, 0.15) is 17.7 Å². The van der Waals surface area contributed by atoms with E-state index in [4.69, 9.17) is 20.6 Å². The summed E-state index contributed by atoms with van der Waals surface area (Å²) in [7, 11) is 1.36. The number of rotatable bonds is 5. The number of hydrogen-bond donors (Lipinski definition) is 2. The van der Waals surface area contributed by atoms with E-state index in [1.54, 1.807) is 12.1 Å². The van der Waals surface area contributed by atoms with E-state index in [0.717, 1.165) is 26.3 Å². The smallest absolute Gasteiger partial charge is 0.337 e. The van der Waals surface area contributed by atoms with E-state index in [9.17, 15) is 4.79 Å². The predicted molar refractivity (Wildman–Crippen MR) is 99.7 cm³/mol. The van der Waals surface area contributed by atoms with Crippen LogP contribution in [0.15, 0.2) is 48.5 Å². The Labute approximate surface area is 149 Å². The lowest BCUT2D eigenvalue weighted by atomic mass is 10.1. The van der Waals surface area contributed by atoms with Crippen molar-refractivity contribution < 1.29 is 14.3 Å². The van der Waals surface area contributed by atoms with Gasteiger partial charge in [-0.25, -0.2) is 4.79 Å². The van der Waals surface area contributed by atoms with E-state index in [-0.39, 0.29) is 17.9 Å². The molecule has 0 bridgehead atoms. The molecule has 2 aromatic carbocycles. The maximum absolute atomic E-state index is 11.5. The van der Waals surface area contributed by atoms with Gasteiger partial charge in [-0.2, -0.15) is 0 Å². The quantitative estimate of drug-likeness (QED) is 0.410. The van der Waals surface area contributed by atoms with Crippen molar-refractivity contribution in [2.75, 3.05) is 7.11 Å². The van der Waals surface area contributed by atoms with Crippen LogP contribution in [0.25, 0.3) is 10.1 Å². The minimum absolute atomic E-state index is 0.0543. The number of thiophene rings is 1. The highest BCUT2D eigenvalue weighted by Crippen LogP contribution is 2.34. The summed E-state index contributed by atoms with van der Waals surface area (Å²) in [4.78, 5) is 12.2. The first-order valence-corrected chi connectivity index (χ1v) is 8.53. The standard InChI is InChI=1S/C19H18N2O3S/c1-11(12-6-8-13(9-7-12)19(22)23-2)24-15-4-3-5-16-14(15)10-17(25-16)18(20)21/h3-11H,1-2H3,(H3,20,21). The maximum atomic E-state index is 11.5.